The van der Waals surface area contributed by atoms with Crippen molar-refractivity contribution in [2.45, 2.75) is 63.6 Å². The molecule has 0 radical (unpaired) electrons. The van der Waals surface area contributed by atoms with Crippen molar-refractivity contribution < 1.29 is 23.8 Å². The van der Waals surface area contributed by atoms with Crippen molar-refractivity contribution in [1.29, 1.82) is 0 Å². The third-order valence-corrected chi connectivity index (χ3v) is 3.30. The molecule has 0 saturated heterocycles. The van der Waals surface area contributed by atoms with Crippen LogP contribution in [0.3, 0.4) is 0 Å². The van der Waals surface area contributed by atoms with Gasteiger partial charge in [0.1, 0.15) is 12.2 Å². The zero-order valence-corrected chi connectivity index (χ0v) is 9.85. The number of ether oxygens (including phenoxy) is 3. The molecule has 2 aliphatic carbocycles. The Bertz CT molecular complexity index is 249. The van der Waals surface area contributed by atoms with Gasteiger partial charge in [0, 0.05) is 0 Å². The average molecular weight is 242 g/mol. The first-order chi connectivity index (χ1) is 8.24. The van der Waals surface area contributed by atoms with Crippen LogP contribution in [0.25, 0.3) is 0 Å². The minimum Gasteiger partial charge on any atom is -0.431 e. The van der Waals surface area contributed by atoms with Gasteiger partial charge in [0.25, 0.3) is 0 Å². The second kappa shape index (κ2) is 5.89. The van der Waals surface area contributed by atoms with Crippen LogP contribution in [-0.2, 0) is 14.2 Å². The van der Waals surface area contributed by atoms with Crippen LogP contribution in [0.5, 0.6) is 0 Å². The molecule has 0 spiro atoms. The Morgan fingerprint density at radius 3 is 1.41 bits per heavy atom. The number of rotatable bonds is 2. The molecule has 0 unspecified atom stereocenters. The van der Waals surface area contributed by atoms with E-state index >= 15 is 0 Å². The predicted octanol–water partition coefficient (Wildman–Crippen LogP) is 3.16. The van der Waals surface area contributed by atoms with Crippen LogP contribution in [0, 0.1) is 0 Å². The molecule has 0 aromatic carbocycles. The summed E-state index contributed by atoms with van der Waals surface area (Å²) in [6, 6.07) is 0. The average Bonchev–Trinajstić information content (AvgIpc) is 2.90. The topological polar surface area (TPSA) is 61.8 Å². The zero-order valence-electron chi connectivity index (χ0n) is 9.85. The van der Waals surface area contributed by atoms with Crippen molar-refractivity contribution in [2.75, 3.05) is 0 Å². The summed E-state index contributed by atoms with van der Waals surface area (Å²) in [5.74, 6) is 0. The van der Waals surface area contributed by atoms with Crippen LogP contribution in [-0.4, -0.2) is 24.5 Å². The van der Waals surface area contributed by atoms with E-state index in [4.69, 9.17) is 9.47 Å². The first-order valence-electron chi connectivity index (χ1n) is 6.33. The second-order valence-corrected chi connectivity index (χ2v) is 4.65. The summed E-state index contributed by atoms with van der Waals surface area (Å²) in [6.07, 6.45) is 5.60. The number of hydrogen-bond acceptors (Lipinski definition) is 5. The van der Waals surface area contributed by atoms with E-state index in [-0.39, 0.29) is 12.2 Å². The first kappa shape index (κ1) is 12.2. The van der Waals surface area contributed by atoms with Crippen LogP contribution in [0.2, 0.25) is 0 Å². The van der Waals surface area contributed by atoms with Crippen LogP contribution < -0.4 is 0 Å². The quantitative estimate of drug-likeness (QED) is 0.549. The van der Waals surface area contributed by atoms with Crippen molar-refractivity contribution in [1.82, 2.24) is 0 Å². The molecule has 0 amide bonds. The van der Waals surface area contributed by atoms with Gasteiger partial charge in [0.05, 0.1) is 0 Å². The summed E-state index contributed by atoms with van der Waals surface area (Å²) < 4.78 is 14.4. The fourth-order valence-corrected chi connectivity index (χ4v) is 2.40. The maximum absolute atomic E-state index is 11.2. The lowest BCUT2D eigenvalue weighted by Gasteiger charge is -2.12. The number of hydrogen-bond donors (Lipinski definition) is 0. The highest BCUT2D eigenvalue weighted by Crippen LogP contribution is 2.23. The fraction of sp³-hybridized carbons (Fsp3) is 0.833. The molecule has 5 heteroatoms. The molecule has 0 bridgehead atoms. The Balaban J connectivity index is 1.64. The van der Waals surface area contributed by atoms with E-state index in [1.54, 1.807) is 0 Å². The highest BCUT2D eigenvalue weighted by atomic mass is 16.8. The molecule has 2 fully saturated rings. The number of carbonyl (C=O) groups is 2. The van der Waals surface area contributed by atoms with Crippen molar-refractivity contribution in [3.63, 3.8) is 0 Å². The molecule has 2 aliphatic rings. The van der Waals surface area contributed by atoms with E-state index in [1.807, 2.05) is 0 Å². The molecule has 2 rings (SSSR count). The zero-order chi connectivity index (χ0) is 12.1. The molecule has 0 aromatic heterocycles. The Kier molecular flexibility index (Phi) is 4.23. The standard InChI is InChI=1S/C12H18O5/c13-11(15-9-5-1-2-6-9)17-12(14)16-10-7-3-4-8-10/h9-10H,1-8H2. The molecule has 0 N–H and O–H groups in total. The molecule has 96 valence electrons. The molecular weight excluding hydrogens is 224 g/mol. The lowest BCUT2D eigenvalue weighted by Crippen LogP contribution is -2.22. The minimum absolute atomic E-state index is 0.0956. The van der Waals surface area contributed by atoms with Crippen molar-refractivity contribution >= 4 is 12.3 Å². The predicted molar refractivity (Wildman–Crippen MR) is 58.6 cm³/mol. The summed E-state index contributed by atoms with van der Waals surface area (Å²) in [7, 11) is 0. The molecule has 0 atom stereocenters. The highest BCUT2D eigenvalue weighted by Gasteiger charge is 2.25. The fourth-order valence-electron chi connectivity index (χ4n) is 2.40. The van der Waals surface area contributed by atoms with Gasteiger partial charge in [-0.15, -0.1) is 0 Å². The van der Waals surface area contributed by atoms with E-state index in [2.05, 4.69) is 4.74 Å². The molecule has 5 nitrogen and oxygen atoms in total. The minimum atomic E-state index is -0.931. The first-order valence-corrected chi connectivity index (χ1v) is 6.33. The van der Waals surface area contributed by atoms with Gasteiger partial charge in [-0.05, 0) is 51.4 Å². The van der Waals surface area contributed by atoms with Crippen LogP contribution >= 0.6 is 0 Å². The summed E-state index contributed by atoms with van der Waals surface area (Å²) in [5.41, 5.74) is 0. The number of carbonyl (C=O) groups excluding carboxylic acids is 2. The maximum atomic E-state index is 11.2. The van der Waals surface area contributed by atoms with E-state index in [9.17, 15) is 9.59 Å². The summed E-state index contributed by atoms with van der Waals surface area (Å²) in [4.78, 5) is 22.5. The molecule has 0 heterocycles. The van der Waals surface area contributed by atoms with Crippen LogP contribution in [0.15, 0.2) is 0 Å². The largest absolute Gasteiger partial charge is 0.518 e. The van der Waals surface area contributed by atoms with Crippen LogP contribution in [0.1, 0.15) is 51.4 Å². The summed E-state index contributed by atoms with van der Waals surface area (Å²) in [6.45, 7) is 0. The Morgan fingerprint density at radius 1 is 0.706 bits per heavy atom. The lowest BCUT2D eigenvalue weighted by molar-refractivity contribution is 0.00433. The van der Waals surface area contributed by atoms with Crippen molar-refractivity contribution in [3.8, 4) is 0 Å². The smallest absolute Gasteiger partial charge is 0.431 e. The third-order valence-electron chi connectivity index (χ3n) is 3.30. The normalized spacial score (nSPS) is 21.4. The van der Waals surface area contributed by atoms with E-state index in [1.165, 1.54) is 0 Å². The van der Waals surface area contributed by atoms with Gasteiger partial charge in [-0.2, -0.15) is 0 Å². The second-order valence-electron chi connectivity index (χ2n) is 4.65. The van der Waals surface area contributed by atoms with Gasteiger partial charge in [0.15, 0.2) is 0 Å². The maximum Gasteiger partial charge on any atom is 0.518 e. The van der Waals surface area contributed by atoms with Gasteiger partial charge in [0.2, 0.25) is 0 Å². The highest BCUT2D eigenvalue weighted by molar-refractivity contribution is 5.77. The molecule has 17 heavy (non-hydrogen) atoms. The van der Waals surface area contributed by atoms with E-state index < -0.39 is 12.3 Å². The lowest BCUT2D eigenvalue weighted by atomic mass is 10.3. The van der Waals surface area contributed by atoms with Gasteiger partial charge in [-0.3, -0.25) is 0 Å². The molecule has 0 aliphatic heterocycles. The third kappa shape index (κ3) is 3.91. The van der Waals surface area contributed by atoms with E-state index in [0.717, 1.165) is 51.4 Å². The molecule has 0 aromatic rings. The molecular formula is C12H18O5. The van der Waals surface area contributed by atoms with E-state index in [0.29, 0.717) is 0 Å². The SMILES string of the molecule is O=C(OC(=O)OC1CCCC1)OC1CCCC1. The van der Waals surface area contributed by atoms with Crippen LogP contribution in [0.4, 0.5) is 9.59 Å². The van der Waals surface area contributed by atoms with Gasteiger partial charge < -0.3 is 14.2 Å². The Hall–Kier alpha value is -1.26. The molecule has 2 saturated carbocycles. The Labute approximate surface area is 100 Å². The summed E-state index contributed by atoms with van der Waals surface area (Å²) in [5, 5.41) is 0. The Morgan fingerprint density at radius 2 is 1.06 bits per heavy atom. The van der Waals surface area contributed by atoms with Gasteiger partial charge in [-0.25, -0.2) is 9.59 Å². The van der Waals surface area contributed by atoms with Crippen molar-refractivity contribution in [2.24, 2.45) is 0 Å². The van der Waals surface area contributed by atoms with Gasteiger partial charge >= 0.3 is 12.3 Å². The monoisotopic (exact) mass is 242 g/mol. The van der Waals surface area contributed by atoms with Gasteiger partial charge in [-0.1, -0.05) is 0 Å². The van der Waals surface area contributed by atoms with Crippen molar-refractivity contribution in [3.05, 3.63) is 0 Å². The summed E-state index contributed by atoms with van der Waals surface area (Å²) >= 11 is 0.